The molecule has 0 unspecified atom stereocenters. The van der Waals surface area contributed by atoms with E-state index in [4.69, 9.17) is 4.74 Å². The first kappa shape index (κ1) is 22.5. The van der Waals surface area contributed by atoms with E-state index in [9.17, 15) is 9.59 Å². The first-order chi connectivity index (χ1) is 14.0. The fraction of sp³-hybridized carbons (Fsp3) is 0.417. The lowest BCUT2D eigenvalue weighted by Gasteiger charge is -2.28. The molecule has 0 fully saturated rings. The van der Waals surface area contributed by atoms with Gasteiger partial charge in [0.2, 0.25) is 11.8 Å². The number of hydrogen-bond acceptors (Lipinski definition) is 3. The molecule has 156 valence electrons. The van der Waals surface area contributed by atoms with Crippen molar-refractivity contribution in [1.29, 1.82) is 0 Å². The average molecular weight is 397 g/mol. The van der Waals surface area contributed by atoms with Gasteiger partial charge in [-0.1, -0.05) is 48.0 Å². The van der Waals surface area contributed by atoms with Crippen LogP contribution in [-0.2, 0) is 16.0 Å². The van der Waals surface area contributed by atoms with Gasteiger partial charge in [-0.15, -0.1) is 0 Å². The van der Waals surface area contributed by atoms with E-state index in [1.165, 1.54) is 5.56 Å². The standard InChI is InChI=1S/C24H32N2O3/c1-4-25-24(28)20(3)26(17-16-21-9-6-5-7-10-21)23(27)11-8-18-29-22-14-12-19(2)13-15-22/h5-7,9-10,12-15,20H,4,8,11,16-18H2,1-3H3,(H,25,28)/t20-/m1/s1. The lowest BCUT2D eigenvalue weighted by atomic mass is 10.1. The molecule has 1 N–H and O–H groups in total. The lowest BCUT2D eigenvalue weighted by Crippen LogP contribution is -2.48. The Balaban J connectivity index is 1.90. The van der Waals surface area contributed by atoms with Gasteiger partial charge in [0.05, 0.1) is 6.61 Å². The van der Waals surface area contributed by atoms with Gasteiger partial charge in [0.25, 0.3) is 0 Å². The Bertz CT molecular complexity index is 759. The highest BCUT2D eigenvalue weighted by Gasteiger charge is 2.24. The number of hydrogen-bond donors (Lipinski definition) is 1. The van der Waals surface area contributed by atoms with Crippen molar-refractivity contribution in [3.63, 3.8) is 0 Å². The Kier molecular flexibility index (Phi) is 9.22. The van der Waals surface area contributed by atoms with E-state index in [0.717, 1.165) is 17.7 Å². The highest BCUT2D eigenvalue weighted by Crippen LogP contribution is 2.13. The minimum atomic E-state index is -0.496. The minimum Gasteiger partial charge on any atom is -0.494 e. The summed E-state index contributed by atoms with van der Waals surface area (Å²) in [6, 6.07) is 17.4. The quantitative estimate of drug-likeness (QED) is 0.589. The predicted octanol–water partition coefficient (Wildman–Crippen LogP) is 3.75. The SMILES string of the molecule is CCNC(=O)[C@@H](C)N(CCc1ccccc1)C(=O)CCCOc1ccc(C)cc1. The Morgan fingerprint density at radius 2 is 1.76 bits per heavy atom. The molecule has 2 aromatic carbocycles. The molecule has 2 rings (SSSR count). The van der Waals surface area contributed by atoms with Gasteiger partial charge < -0.3 is 15.0 Å². The zero-order valence-corrected chi connectivity index (χ0v) is 17.7. The smallest absolute Gasteiger partial charge is 0.242 e. The second-order valence-corrected chi connectivity index (χ2v) is 7.16. The number of aryl methyl sites for hydroxylation is 1. The summed E-state index contributed by atoms with van der Waals surface area (Å²) in [4.78, 5) is 26.9. The van der Waals surface area contributed by atoms with Crippen LogP contribution in [-0.4, -0.2) is 42.5 Å². The maximum Gasteiger partial charge on any atom is 0.242 e. The van der Waals surface area contributed by atoms with Crippen molar-refractivity contribution in [3.05, 3.63) is 65.7 Å². The molecule has 2 amide bonds. The number of rotatable bonds is 11. The van der Waals surface area contributed by atoms with E-state index < -0.39 is 6.04 Å². The summed E-state index contributed by atoms with van der Waals surface area (Å²) in [5.41, 5.74) is 2.33. The highest BCUT2D eigenvalue weighted by atomic mass is 16.5. The third kappa shape index (κ3) is 7.60. The first-order valence-corrected chi connectivity index (χ1v) is 10.3. The van der Waals surface area contributed by atoms with Crippen LogP contribution in [0.4, 0.5) is 0 Å². The summed E-state index contributed by atoms with van der Waals surface area (Å²) in [6.45, 7) is 7.23. The van der Waals surface area contributed by atoms with Gasteiger partial charge in [0.15, 0.2) is 0 Å². The highest BCUT2D eigenvalue weighted by molar-refractivity contribution is 5.87. The fourth-order valence-corrected chi connectivity index (χ4v) is 3.08. The number of amides is 2. The lowest BCUT2D eigenvalue weighted by molar-refractivity contribution is -0.140. The molecule has 5 heteroatoms. The number of nitrogens with one attached hydrogen (secondary N) is 1. The summed E-state index contributed by atoms with van der Waals surface area (Å²) < 4.78 is 5.72. The van der Waals surface area contributed by atoms with Crippen molar-refractivity contribution in [3.8, 4) is 5.75 Å². The van der Waals surface area contributed by atoms with Crippen LogP contribution in [0.2, 0.25) is 0 Å². The van der Waals surface area contributed by atoms with Gasteiger partial charge >= 0.3 is 0 Å². The molecule has 0 aliphatic carbocycles. The number of carbonyl (C=O) groups is 2. The normalized spacial score (nSPS) is 11.6. The van der Waals surface area contributed by atoms with Crippen LogP contribution in [0, 0.1) is 6.92 Å². The van der Waals surface area contributed by atoms with Gasteiger partial charge in [0.1, 0.15) is 11.8 Å². The van der Waals surface area contributed by atoms with Crippen molar-refractivity contribution in [1.82, 2.24) is 10.2 Å². The largest absolute Gasteiger partial charge is 0.494 e. The monoisotopic (exact) mass is 396 g/mol. The number of carbonyl (C=O) groups excluding carboxylic acids is 2. The zero-order valence-electron chi connectivity index (χ0n) is 17.7. The van der Waals surface area contributed by atoms with Crippen LogP contribution in [0.25, 0.3) is 0 Å². The third-order valence-corrected chi connectivity index (χ3v) is 4.83. The van der Waals surface area contributed by atoms with Crippen molar-refractivity contribution in [2.75, 3.05) is 19.7 Å². The van der Waals surface area contributed by atoms with Crippen molar-refractivity contribution in [2.45, 2.75) is 46.1 Å². The van der Waals surface area contributed by atoms with E-state index in [1.807, 2.05) is 68.4 Å². The molecular weight excluding hydrogens is 364 g/mol. The summed E-state index contributed by atoms with van der Waals surface area (Å²) in [5.74, 6) is 0.664. The molecule has 5 nitrogen and oxygen atoms in total. The first-order valence-electron chi connectivity index (χ1n) is 10.3. The van der Waals surface area contributed by atoms with Crippen molar-refractivity contribution < 1.29 is 14.3 Å². The molecular formula is C24H32N2O3. The van der Waals surface area contributed by atoms with Crippen LogP contribution in [0.5, 0.6) is 5.75 Å². The van der Waals surface area contributed by atoms with Crippen LogP contribution >= 0.6 is 0 Å². The molecule has 0 aromatic heterocycles. The topological polar surface area (TPSA) is 58.6 Å². The molecule has 0 saturated carbocycles. The summed E-state index contributed by atoms with van der Waals surface area (Å²) in [6.07, 6.45) is 1.68. The molecule has 0 heterocycles. The number of ether oxygens (including phenoxy) is 1. The predicted molar refractivity (Wildman–Crippen MR) is 116 cm³/mol. The van der Waals surface area contributed by atoms with Crippen molar-refractivity contribution >= 4 is 11.8 Å². The molecule has 0 bridgehead atoms. The van der Waals surface area contributed by atoms with Gasteiger partial charge in [0, 0.05) is 19.5 Å². The van der Waals surface area contributed by atoms with Gasteiger partial charge in [-0.25, -0.2) is 0 Å². The van der Waals surface area contributed by atoms with E-state index in [1.54, 1.807) is 11.8 Å². The molecule has 0 saturated heterocycles. The Morgan fingerprint density at radius 1 is 1.07 bits per heavy atom. The van der Waals surface area contributed by atoms with E-state index in [0.29, 0.717) is 32.5 Å². The number of benzene rings is 2. The maximum atomic E-state index is 12.9. The van der Waals surface area contributed by atoms with Crippen LogP contribution in [0.3, 0.4) is 0 Å². The van der Waals surface area contributed by atoms with Gasteiger partial charge in [-0.3, -0.25) is 9.59 Å². The molecule has 0 radical (unpaired) electrons. The summed E-state index contributed by atoms with van der Waals surface area (Å²) in [7, 11) is 0. The van der Waals surface area contributed by atoms with E-state index >= 15 is 0 Å². The van der Waals surface area contributed by atoms with Crippen LogP contribution < -0.4 is 10.1 Å². The molecule has 2 aromatic rings. The summed E-state index contributed by atoms with van der Waals surface area (Å²) >= 11 is 0. The Morgan fingerprint density at radius 3 is 2.41 bits per heavy atom. The van der Waals surface area contributed by atoms with Gasteiger partial charge in [-0.2, -0.15) is 0 Å². The van der Waals surface area contributed by atoms with Crippen LogP contribution in [0.1, 0.15) is 37.8 Å². The fourth-order valence-electron chi connectivity index (χ4n) is 3.08. The number of likely N-dealkylation sites (N-methyl/N-ethyl adjacent to an activating group) is 1. The molecule has 1 atom stereocenters. The van der Waals surface area contributed by atoms with E-state index in [2.05, 4.69) is 5.32 Å². The third-order valence-electron chi connectivity index (χ3n) is 4.83. The Labute approximate surface area is 174 Å². The Hall–Kier alpha value is -2.82. The molecule has 0 aliphatic heterocycles. The van der Waals surface area contributed by atoms with E-state index in [-0.39, 0.29) is 11.8 Å². The van der Waals surface area contributed by atoms with Gasteiger partial charge in [-0.05, 0) is 51.3 Å². The maximum absolute atomic E-state index is 12.9. The average Bonchev–Trinajstić information content (AvgIpc) is 2.73. The minimum absolute atomic E-state index is 0.0211. The second-order valence-electron chi connectivity index (χ2n) is 7.16. The second kappa shape index (κ2) is 11.9. The molecule has 0 aliphatic rings. The number of nitrogens with zero attached hydrogens (tertiary/aromatic N) is 1. The van der Waals surface area contributed by atoms with Crippen LogP contribution in [0.15, 0.2) is 54.6 Å². The zero-order chi connectivity index (χ0) is 21.1. The molecule has 0 spiro atoms. The summed E-state index contributed by atoms with van der Waals surface area (Å²) in [5, 5.41) is 2.81. The van der Waals surface area contributed by atoms with Crippen molar-refractivity contribution in [2.24, 2.45) is 0 Å². The molecule has 29 heavy (non-hydrogen) atoms.